The van der Waals surface area contributed by atoms with E-state index in [0.717, 1.165) is 18.9 Å². The first kappa shape index (κ1) is 19.2. The molecule has 1 aliphatic heterocycles. The van der Waals surface area contributed by atoms with Crippen LogP contribution in [0.15, 0.2) is 11.8 Å². The number of carbonyl (C=O) groups excluding carboxylic acids is 2. The lowest BCUT2D eigenvalue weighted by Gasteiger charge is -2.38. The molecular formula is C15H22N2O8. The van der Waals surface area contributed by atoms with Gasteiger partial charge in [0.15, 0.2) is 6.10 Å². The molecule has 2 aliphatic rings. The van der Waals surface area contributed by atoms with Gasteiger partial charge in [0, 0.05) is 19.4 Å². The fourth-order valence-electron chi connectivity index (χ4n) is 2.55. The molecule has 0 aromatic heterocycles. The minimum atomic E-state index is -1.66. The molecule has 2 unspecified atom stereocenters. The molecule has 1 heterocycles. The number of hydrogen-bond donors (Lipinski definition) is 6. The monoisotopic (exact) mass is 358 g/mol. The molecule has 1 fully saturated rings. The van der Waals surface area contributed by atoms with Crippen LogP contribution < -0.4 is 10.6 Å². The molecule has 0 aromatic carbocycles. The van der Waals surface area contributed by atoms with Gasteiger partial charge >= 0.3 is 5.97 Å². The molecule has 6 N–H and O–H groups in total. The molecule has 10 nitrogen and oxygen atoms in total. The number of hydrogen-bond acceptors (Lipinski definition) is 7. The summed E-state index contributed by atoms with van der Waals surface area (Å²) in [4.78, 5) is 34.0. The van der Waals surface area contributed by atoms with Crippen molar-refractivity contribution in [3.8, 4) is 0 Å². The van der Waals surface area contributed by atoms with Crippen molar-refractivity contribution in [2.24, 2.45) is 5.92 Å². The van der Waals surface area contributed by atoms with Crippen LogP contribution in [-0.4, -0.2) is 75.2 Å². The van der Waals surface area contributed by atoms with Crippen LogP contribution in [0.25, 0.3) is 0 Å². The topological polar surface area (TPSA) is 165 Å². The molecule has 0 saturated heterocycles. The summed E-state index contributed by atoms with van der Waals surface area (Å²) >= 11 is 0. The van der Waals surface area contributed by atoms with Crippen LogP contribution in [-0.2, 0) is 19.1 Å². The van der Waals surface area contributed by atoms with Gasteiger partial charge in [-0.25, -0.2) is 4.79 Å². The van der Waals surface area contributed by atoms with Crippen LogP contribution in [0.1, 0.15) is 19.8 Å². The van der Waals surface area contributed by atoms with Crippen molar-refractivity contribution in [2.45, 2.75) is 50.2 Å². The third-order valence-corrected chi connectivity index (χ3v) is 4.05. The first-order valence-electron chi connectivity index (χ1n) is 7.91. The number of carboxylic acid groups (broad SMARTS) is 1. The van der Waals surface area contributed by atoms with Gasteiger partial charge in [0.2, 0.25) is 17.6 Å². The molecule has 2 amide bonds. The second kappa shape index (κ2) is 7.81. The maximum atomic E-state index is 11.6. The summed E-state index contributed by atoms with van der Waals surface area (Å²) in [6, 6.07) is -1.16. The van der Waals surface area contributed by atoms with Crippen molar-refractivity contribution in [2.75, 3.05) is 6.54 Å². The van der Waals surface area contributed by atoms with E-state index in [1.807, 2.05) is 0 Å². The van der Waals surface area contributed by atoms with Crippen LogP contribution in [0.4, 0.5) is 0 Å². The number of carbonyl (C=O) groups is 3. The van der Waals surface area contributed by atoms with E-state index in [0.29, 0.717) is 0 Å². The number of aliphatic hydroxyl groups is 3. The third-order valence-electron chi connectivity index (χ3n) is 4.05. The minimum absolute atomic E-state index is 0.0780. The smallest absolute Gasteiger partial charge is 0.370 e. The lowest BCUT2D eigenvalue weighted by Crippen LogP contribution is -2.60. The molecule has 140 valence electrons. The highest BCUT2D eigenvalue weighted by Gasteiger charge is 2.43. The van der Waals surface area contributed by atoms with E-state index in [1.165, 1.54) is 6.92 Å². The van der Waals surface area contributed by atoms with Gasteiger partial charge in [-0.05, 0) is 18.9 Å². The summed E-state index contributed by atoms with van der Waals surface area (Å²) in [5, 5.41) is 44.3. The molecule has 10 heteroatoms. The van der Waals surface area contributed by atoms with E-state index < -0.39 is 48.1 Å². The highest BCUT2D eigenvalue weighted by molar-refractivity contribution is 5.84. The number of amides is 2. The van der Waals surface area contributed by atoms with Crippen molar-refractivity contribution in [3.63, 3.8) is 0 Å². The second-order valence-electron chi connectivity index (χ2n) is 6.21. The van der Waals surface area contributed by atoms with E-state index in [9.17, 15) is 29.7 Å². The van der Waals surface area contributed by atoms with Crippen molar-refractivity contribution in [1.29, 1.82) is 0 Å². The summed E-state index contributed by atoms with van der Waals surface area (Å²) in [5.41, 5.74) is 0. The van der Waals surface area contributed by atoms with Crippen molar-refractivity contribution in [3.05, 3.63) is 11.8 Å². The number of nitrogens with one attached hydrogen (secondary N) is 2. The maximum absolute atomic E-state index is 11.6. The van der Waals surface area contributed by atoms with E-state index >= 15 is 0 Å². The van der Waals surface area contributed by atoms with E-state index in [2.05, 4.69) is 10.6 Å². The quantitative estimate of drug-likeness (QED) is 0.290. The van der Waals surface area contributed by atoms with Gasteiger partial charge in [0.25, 0.3) is 0 Å². The van der Waals surface area contributed by atoms with Crippen molar-refractivity contribution < 1.29 is 39.5 Å². The van der Waals surface area contributed by atoms with Gasteiger partial charge < -0.3 is 35.8 Å². The van der Waals surface area contributed by atoms with Crippen LogP contribution in [0.5, 0.6) is 0 Å². The Morgan fingerprint density at radius 2 is 1.96 bits per heavy atom. The van der Waals surface area contributed by atoms with Gasteiger partial charge in [0.1, 0.15) is 18.3 Å². The SMILES string of the molecule is CC(=O)NC1C([C@@H](O)[C@@H](O)CNC(=O)C2CC2)OC(C(=O)O)=C[C@H]1O. The lowest BCUT2D eigenvalue weighted by molar-refractivity contribution is -0.147. The van der Waals surface area contributed by atoms with Crippen LogP contribution in [0, 0.1) is 5.92 Å². The summed E-state index contributed by atoms with van der Waals surface area (Å²) in [7, 11) is 0. The molecule has 0 radical (unpaired) electrons. The fraction of sp³-hybridized carbons (Fsp3) is 0.667. The van der Waals surface area contributed by atoms with E-state index in [1.54, 1.807) is 0 Å². The molecule has 5 atom stereocenters. The molecule has 1 aliphatic carbocycles. The number of aliphatic carboxylic acids is 1. The van der Waals surface area contributed by atoms with E-state index in [4.69, 9.17) is 9.84 Å². The second-order valence-corrected chi connectivity index (χ2v) is 6.21. The summed E-state index contributed by atoms with van der Waals surface area (Å²) < 4.78 is 5.15. The van der Waals surface area contributed by atoms with E-state index in [-0.39, 0.29) is 18.4 Å². The largest absolute Gasteiger partial charge is 0.478 e. The highest BCUT2D eigenvalue weighted by atomic mass is 16.5. The molecule has 0 spiro atoms. The fourth-order valence-corrected chi connectivity index (χ4v) is 2.55. The van der Waals surface area contributed by atoms with Crippen LogP contribution >= 0.6 is 0 Å². The van der Waals surface area contributed by atoms with Gasteiger partial charge in [0.05, 0.1) is 6.04 Å². The zero-order chi connectivity index (χ0) is 18.7. The predicted molar refractivity (Wildman–Crippen MR) is 82.0 cm³/mol. The average molecular weight is 358 g/mol. The van der Waals surface area contributed by atoms with Crippen LogP contribution in [0.2, 0.25) is 0 Å². The normalized spacial score (nSPS) is 28.2. The molecule has 2 rings (SSSR count). The van der Waals surface area contributed by atoms with Gasteiger partial charge in [-0.1, -0.05) is 0 Å². The van der Waals surface area contributed by atoms with Crippen molar-refractivity contribution >= 4 is 17.8 Å². The zero-order valence-electron chi connectivity index (χ0n) is 13.6. The maximum Gasteiger partial charge on any atom is 0.370 e. The average Bonchev–Trinajstić information content (AvgIpc) is 3.37. The first-order chi connectivity index (χ1) is 11.7. The summed E-state index contributed by atoms with van der Waals surface area (Å²) in [5.74, 6) is -2.92. The van der Waals surface area contributed by atoms with Crippen molar-refractivity contribution in [1.82, 2.24) is 10.6 Å². The van der Waals surface area contributed by atoms with Gasteiger partial charge in [-0.3, -0.25) is 9.59 Å². The Kier molecular flexibility index (Phi) is 5.98. The Labute approximate surface area is 143 Å². The molecule has 0 aromatic rings. The predicted octanol–water partition coefficient (Wildman–Crippen LogP) is -2.53. The molecular weight excluding hydrogens is 336 g/mol. The molecule has 1 saturated carbocycles. The Hall–Kier alpha value is -2.17. The Balaban J connectivity index is 2.07. The Morgan fingerprint density at radius 1 is 1.32 bits per heavy atom. The zero-order valence-corrected chi connectivity index (χ0v) is 13.6. The van der Waals surface area contributed by atoms with Crippen LogP contribution in [0.3, 0.4) is 0 Å². The number of ether oxygens (including phenoxy) is 1. The summed E-state index contributed by atoms with van der Waals surface area (Å²) in [6.45, 7) is 0.907. The number of rotatable bonds is 7. The number of aliphatic hydroxyl groups excluding tert-OH is 3. The number of carboxylic acids is 1. The standard InChI is InChI=1S/C15H22N2O8/c1-6(18)17-11-8(19)4-10(15(23)24)25-13(11)12(21)9(20)5-16-14(22)7-2-3-7/h4,7-9,11-13,19-21H,2-3,5H2,1H3,(H,16,22)(H,17,18)(H,23,24)/t8-,9+,11?,12+,13?/m1/s1. The Morgan fingerprint density at radius 3 is 2.48 bits per heavy atom. The Bertz CT molecular complexity index is 574. The molecule has 0 bridgehead atoms. The summed E-state index contributed by atoms with van der Waals surface area (Å²) in [6.07, 6.45) is -3.54. The van der Waals surface area contributed by atoms with Gasteiger partial charge in [-0.2, -0.15) is 0 Å². The van der Waals surface area contributed by atoms with Gasteiger partial charge in [-0.15, -0.1) is 0 Å². The third kappa shape index (κ3) is 4.91. The lowest BCUT2D eigenvalue weighted by atomic mass is 9.93. The minimum Gasteiger partial charge on any atom is -0.478 e. The highest BCUT2D eigenvalue weighted by Crippen LogP contribution is 2.28. The first-order valence-corrected chi connectivity index (χ1v) is 7.91. The molecule has 25 heavy (non-hydrogen) atoms.